The molecular formula is C11H14BrNO. The summed E-state index contributed by atoms with van der Waals surface area (Å²) in [6.45, 7) is 1.89. The third-order valence-corrected chi connectivity index (χ3v) is 3.72. The van der Waals surface area contributed by atoms with Gasteiger partial charge in [-0.3, -0.25) is 0 Å². The summed E-state index contributed by atoms with van der Waals surface area (Å²) in [5.41, 5.74) is 8.02. The van der Waals surface area contributed by atoms with Gasteiger partial charge in [-0.15, -0.1) is 0 Å². The number of phenols is 1. The summed E-state index contributed by atoms with van der Waals surface area (Å²) in [5, 5.41) is 9.72. The second-order valence-electron chi connectivity index (χ2n) is 4.24. The monoisotopic (exact) mass is 255 g/mol. The van der Waals surface area contributed by atoms with Gasteiger partial charge in [-0.2, -0.15) is 0 Å². The van der Waals surface area contributed by atoms with Crippen LogP contribution in [-0.2, 0) is 6.42 Å². The van der Waals surface area contributed by atoms with Gasteiger partial charge >= 0.3 is 0 Å². The molecule has 0 aliphatic heterocycles. The van der Waals surface area contributed by atoms with Gasteiger partial charge in [0.25, 0.3) is 0 Å². The van der Waals surface area contributed by atoms with Crippen LogP contribution >= 0.6 is 15.9 Å². The van der Waals surface area contributed by atoms with Crippen molar-refractivity contribution in [1.82, 2.24) is 0 Å². The van der Waals surface area contributed by atoms with E-state index in [1.54, 1.807) is 0 Å². The standard InChI is InChI=1S/C11H14BrNO/c1-7-2-3-8(9(12)10(7)14)6-11(13)4-5-11/h2-3,14H,4-6,13H2,1H3. The van der Waals surface area contributed by atoms with Crippen molar-refractivity contribution in [1.29, 1.82) is 0 Å². The van der Waals surface area contributed by atoms with Crippen LogP contribution in [0.1, 0.15) is 24.0 Å². The molecule has 1 aromatic rings. The molecular weight excluding hydrogens is 242 g/mol. The van der Waals surface area contributed by atoms with Crippen molar-refractivity contribution in [3.8, 4) is 5.75 Å². The van der Waals surface area contributed by atoms with Gasteiger partial charge in [0.1, 0.15) is 5.75 Å². The summed E-state index contributed by atoms with van der Waals surface area (Å²) in [4.78, 5) is 0. The van der Waals surface area contributed by atoms with Crippen LogP contribution in [0.4, 0.5) is 0 Å². The Bertz CT molecular complexity index is 372. The van der Waals surface area contributed by atoms with E-state index in [0.29, 0.717) is 5.75 Å². The third-order valence-electron chi connectivity index (χ3n) is 2.83. The van der Waals surface area contributed by atoms with E-state index in [2.05, 4.69) is 15.9 Å². The predicted octanol–water partition coefficient (Wildman–Crippen LogP) is 2.50. The normalized spacial score (nSPS) is 18.2. The lowest BCUT2D eigenvalue weighted by atomic mass is 10.0. The maximum Gasteiger partial charge on any atom is 0.132 e. The fourth-order valence-electron chi connectivity index (χ4n) is 1.56. The lowest BCUT2D eigenvalue weighted by Crippen LogP contribution is -2.24. The van der Waals surface area contributed by atoms with E-state index in [9.17, 15) is 5.11 Å². The van der Waals surface area contributed by atoms with Gasteiger partial charge in [0.2, 0.25) is 0 Å². The molecule has 2 rings (SSSR count). The largest absolute Gasteiger partial charge is 0.506 e. The van der Waals surface area contributed by atoms with Crippen molar-refractivity contribution in [2.24, 2.45) is 5.73 Å². The number of halogens is 1. The summed E-state index contributed by atoms with van der Waals surface area (Å²) in [6.07, 6.45) is 3.03. The number of hydrogen-bond acceptors (Lipinski definition) is 2. The topological polar surface area (TPSA) is 46.2 Å². The Kier molecular flexibility index (Phi) is 2.32. The molecule has 0 amide bonds. The third kappa shape index (κ3) is 1.79. The average molecular weight is 256 g/mol. The second-order valence-corrected chi connectivity index (χ2v) is 5.04. The first-order valence-corrected chi connectivity index (χ1v) is 5.57. The van der Waals surface area contributed by atoms with Crippen molar-refractivity contribution < 1.29 is 5.11 Å². The van der Waals surface area contributed by atoms with Gasteiger partial charge in [-0.05, 0) is 53.2 Å². The van der Waals surface area contributed by atoms with Gasteiger partial charge in [0, 0.05) is 5.54 Å². The molecule has 14 heavy (non-hydrogen) atoms. The highest BCUT2D eigenvalue weighted by atomic mass is 79.9. The van der Waals surface area contributed by atoms with Crippen molar-refractivity contribution in [3.63, 3.8) is 0 Å². The Morgan fingerprint density at radius 3 is 2.71 bits per heavy atom. The zero-order valence-electron chi connectivity index (χ0n) is 8.18. The maximum atomic E-state index is 9.72. The summed E-state index contributed by atoms with van der Waals surface area (Å²) in [5.74, 6) is 0.340. The van der Waals surface area contributed by atoms with Crippen molar-refractivity contribution in [3.05, 3.63) is 27.7 Å². The Hall–Kier alpha value is -0.540. The highest BCUT2D eigenvalue weighted by molar-refractivity contribution is 9.10. The van der Waals surface area contributed by atoms with Crippen molar-refractivity contribution >= 4 is 15.9 Å². The molecule has 0 heterocycles. The molecule has 0 bridgehead atoms. The first-order chi connectivity index (χ1) is 6.52. The van der Waals surface area contributed by atoms with Crippen LogP contribution in [-0.4, -0.2) is 10.6 Å². The molecule has 0 aromatic heterocycles. The lowest BCUT2D eigenvalue weighted by Gasteiger charge is -2.12. The lowest BCUT2D eigenvalue weighted by molar-refractivity contribution is 0.466. The maximum absolute atomic E-state index is 9.72. The molecule has 1 aliphatic rings. The van der Waals surface area contributed by atoms with Crippen molar-refractivity contribution in [2.75, 3.05) is 0 Å². The molecule has 0 radical (unpaired) electrons. The van der Waals surface area contributed by atoms with Gasteiger partial charge in [-0.1, -0.05) is 12.1 Å². The molecule has 1 saturated carbocycles. The first kappa shape index (κ1) is 9.99. The van der Waals surface area contributed by atoms with Gasteiger partial charge in [0.05, 0.1) is 4.47 Å². The summed E-state index contributed by atoms with van der Waals surface area (Å²) >= 11 is 3.41. The molecule has 0 saturated heterocycles. The smallest absolute Gasteiger partial charge is 0.132 e. The number of aromatic hydroxyl groups is 1. The molecule has 1 fully saturated rings. The van der Waals surface area contributed by atoms with Crippen LogP contribution in [0.15, 0.2) is 16.6 Å². The first-order valence-electron chi connectivity index (χ1n) is 4.78. The number of hydrogen-bond donors (Lipinski definition) is 2. The zero-order chi connectivity index (χ0) is 10.3. The average Bonchev–Trinajstić information content (AvgIpc) is 2.86. The number of benzene rings is 1. The summed E-state index contributed by atoms with van der Waals surface area (Å²) in [7, 11) is 0. The Morgan fingerprint density at radius 2 is 2.14 bits per heavy atom. The Balaban J connectivity index is 2.30. The number of nitrogens with two attached hydrogens (primary N) is 1. The van der Waals surface area contributed by atoms with E-state index in [1.165, 1.54) is 0 Å². The minimum absolute atomic E-state index is 0.00970. The van der Waals surface area contributed by atoms with E-state index in [-0.39, 0.29) is 5.54 Å². The van der Waals surface area contributed by atoms with Crippen LogP contribution in [0.2, 0.25) is 0 Å². The van der Waals surface area contributed by atoms with Crippen LogP contribution < -0.4 is 5.73 Å². The van der Waals surface area contributed by atoms with Crippen LogP contribution in [0.5, 0.6) is 5.75 Å². The van der Waals surface area contributed by atoms with Crippen LogP contribution in [0.3, 0.4) is 0 Å². The molecule has 0 spiro atoms. The van der Waals surface area contributed by atoms with E-state index >= 15 is 0 Å². The molecule has 3 heteroatoms. The predicted molar refractivity (Wildman–Crippen MR) is 60.4 cm³/mol. The molecule has 0 unspecified atom stereocenters. The number of aryl methyl sites for hydroxylation is 1. The minimum atomic E-state index is -0.00970. The SMILES string of the molecule is Cc1ccc(CC2(N)CC2)c(Br)c1O. The van der Waals surface area contributed by atoms with Gasteiger partial charge < -0.3 is 10.8 Å². The molecule has 3 N–H and O–H groups in total. The van der Waals surface area contributed by atoms with E-state index in [1.807, 2.05) is 19.1 Å². The molecule has 0 atom stereocenters. The molecule has 1 aliphatic carbocycles. The highest BCUT2D eigenvalue weighted by Crippen LogP contribution is 2.39. The van der Waals surface area contributed by atoms with Crippen LogP contribution in [0, 0.1) is 6.92 Å². The van der Waals surface area contributed by atoms with Gasteiger partial charge in [-0.25, -0.2) is 0 Å². The quantitative estimate of drug-likeness (QED) is 0.853. The van der Waals surface area contributed by atoms with E-state index in [4.69, 9.17) is 5.73 Å². The number of phenolic OH excluding ortho intramolecular Hbond substituents is 1. The molecule has 76 valence electrons. The van der Waals surface area contributed by atoms with Gasteiger partial charge in [0.15, 0.2) is 0 Å². The number of rotatable bonds is 2. The second kappa shape index (κ2) is 3.24. The van der Waals surface area contributed by atoms with E-state index < -0.39 is 0 Å². The molecule has 1 aromatic carbocycles. The van der Waals surface area contributed by atoms with Crippen LogP contribution in [0.25, 0.3) is 0 Å². The highest BCUT2D eigenvalue weighted by Gasteiger charge is 2.38. The summed E-state index contributed by atoms with van der Waals surface area (Å²) in [6, 6.07) is 3.97. The Morgan fingerprint density at radius 1 is 1.50 bits per heavy atom. The fraction of sp³-hybridized carbons (Fsp3) is 0.455. The zero-order valence-corrected chi connectivity index (χ0v) is 9.76. The Labute approximate surface area is 92.3 Å². The minimum Gasteiger partial charge on any atom is -0.506 e. The van der Waals surface area contributed by atoms with Crippen molar-refractivity contribution in [2.45, 2.75) is 31.7 Å². The summed E-state index contributed by atoms with van der Waals surface area (Å²) < 4.78 is 0.800. The fourth-order valence-corrected chi connectivity index (χ4v) is 2.14. The van der Waals surface area contributed by atoms with E-state index in [0.717, 1.165) is 34.9 Å². The molecule has 2 nitrogen and oxygen atoms in total.